The maximum atomic E-state index is 13.2. The third kappa shape index (κ3) is 3.39. The summed E-state index contributed by atoms with van der Waals surface area (Å²) in [7, 11) is 0. The fraction of sp³-hybridized carbons (Fsp3) is 0.381. The molecule has 142 valence electrons. The van der Waals surface area contributed by atoms with Gasteiger partial charge in [0, 0.05) is 18.4 Å². The van der Waals surface area contributed by atoms with Gasteiger partial charge in [-0.1, -0.05) is 25.5 Å². The highest BCUT2D eigenvalue weighted by Gasteiger charge is 2.51. The highest BCUT2D eigenvalue weighted by Crippen LogP contribution is 2.36. The van der Waals surface area contributed by atoms with Gasteiger partial charge in [0.05, 0.1) is 0 Å². The van der Waals surface area contributed by atoms with Crippen LogP contribution in [0.15, 0.2) is 36.5 Å². The standard InChI is InChI=1S/C21H25N3O3/c1-5-6-13-24-18-17(11-8-12-22-18)27-21(4,20(24)26)19(25)23-16-10-7-9-14(2)15(16)3/h7-12H,5-6,13H2,1-4H3,(H,23,25)/t21-/m0/s1. The molecule has 2 aromatic rings. The maximum absolute atomic E-state index is 13.2. The summed E-state index contributed by atoms with van der Waals surface area (Å²) in [6.45, 7) is 7.98. The van der Waals surface area contributed by atoms with E-state index in [1.54, 1.807) is 23.2 Å². The summed E-state index contributed by atoms with van der Waals surface area (Å²) in [6, 6.07) is 9.13. The lowest BCUT2D eigenvalue weighted by atomic mass is 9.99. The van der Waals surface area contributed by atoms with E-state index in [1.807, 2.05) is 32.0 Å². The normalized spacial score (nSPS) is 18.7. The van der Waals surface area contributed by atoms with Gasteiger partial charge in [-0.05, 0) is 56.5 Å². The molecule has 27 heavy (non-hydrogen) atoms. The Morgan fingerprint density at radius 1 is 1.26 bits per heavy atom. The van der Waals surface area contributed by atoms with Crippen molar-refractivity contribution < 1.29 is 14.3 Å². The van der Waals surface area contributed by atoms with E-state index >= 15 is 0 Å². The van der Waals surface area contributed by atoms with E-state index in [-0.39, 0.29) is 0 Å². The van der Waals surface area contributed by atoms with Crippen LogP contribution in [-0.4, -0.2) is 28.9 Å². The van der Waals surface area contributed by atoms with E-state index < -0.39 is 17.4 Å². The van der Waals surface area contributed by atoms with Crippen LogP contribution in [0.4, 0.5) is 11.5 Å². The first-order valence-electron chi connectivity index (χ1n) is 9.22. The Morgan fingerprint density at radius 2 is 2.04 bits per heavy atom. The molecule has 6 nitrogen and oxygen atoms in total. The molecule has 1 aromatic carbocycles. The molecule has 1 atom stereocenters. The largest absolute Gasteiger partial charge is 0.464 e. The maximum Gasteiger partial charge on any atom is 0.282 e. The molecule has 1 N–H and O–H groups in total. The van der Waals surface area contributed by atoms with Gasteiger partial charge in [-0.2, -0.15) is 0 Å². The summed E-state index contributed by atoms with van der Waals surface area (Å²) in [5, 5.41) is 2.87. The van der Waals surface area contributed by atoms with Crippen molar-refractivity contribution in [2.45, 2.75) is 46.1 Å². The van der Waals surface area contributed by atoms with Crippen molar-refractivity contribution >= 4 is 23.3 Å². The third-order valence-electron chi connectivity index (χ3n) is 5.00. The highest BCUT2D eigenvalue weighted by molar-refractivity contribution is 6.19. The molecule has 0 radical (unpaired) electrons. The van der Waals surface area contributed by atoms with Gasteiger partial charge in [0.2, 0.25) is 0 Å². The number of hydrogen-bond donors (Lipinski definition) is 1. The van der Waals surface area contributed by atoms with E-state index in [2.05, 4.69) is 17.2 Å². The number of hydrogen-bond acceptors (Lipinski definition) is 4. The first-order chi connectivity index (χ1) is 12.9. The van der Waals surface area contributed by atoms with Gasteiger partial charge < -0.3 is 10.1 Å². The van der Waals surface area contributed by atoms with Crippen LogP contribution in [0.1, 0.15) is 37.8 Å². The van der Waals surface area contributed by atoms with E-state index in [9.17, 15) is 9.59 Å². The van der Waals surface area contributed by atoms with E-state index in [1.165, 1.54) is 6.92 Å². The van der Waals surface area contributed by atoms with Gasteiger partial charge in [0.1, 0.15) is 0 Å². The number of aryl methyl sites for hydroxylation is 1. The van der Waals surface area contributed by atoms with Crippen LogP contribution >= 0.6 is 0 Å². The Labute approximate surface area is 159 Å². The fourth-order valence-corrected chi connectivity index (χ4v) is 3.08. The smallest absolute Gasteiger partial charge is 0.282 e. The van der Waals surface area contributed by atoms with Gasteiger partial charge in [-0.3, -0.25) is 14.5 Å². The zero-order chi connectivity index (χ0) is 19.6. The molecule has 6 heteroatoms. The van der Waals surface area contributed by atoms with E-state index in [0.717, 1.165) is 24.0 Å². The number of rotatable bonds is 5. The zero-order valence-electron chi connectivity index (χ0n) is 16.2. The summed E-state index contributed by atoms with van der Waals surface area (Å²) < 4.78 is 5.88. The number of nitrogens with zero attached hydrogens (tertiary/aromatic N) is 2. The minimum atomic E-state index is -1.65. The van der Waals surface area contributed by atoms with Crippen molar-refractivity contribution in [2.24, 2.45) is 0 Å². The second-order valence-electron chi connectivity index (χ2n) is 6.97. The molecule has 0 saturated carbocycles. The lowest BCUT2D eigenvalue weighted by Gasteiger charge is -2.38. The third-order valence-corrected chi connectivity index (χ3v) is 5.00. The molecule has 0 saturated heterocycles. The predicted octanol–water partition coefficient (Wildman–Crippen LogP) is 3.62. The Hall–Kier alpha value is -2.89. The van der Waals surface area contributed by atoms with Crippen LogP contribution in [0, 0.1) is 13.8 Å². The number of anilines is 2. The SMILES string of the molecule is CCCCN1C(=O)[C@](C)(C(=O)Nc2cccc(C)c2C)Oc2cccnc21. The molecule has 0 fully saturated rings. The topological polar surface area (TPSA) is 71.5 Å². The molecular formula is C21H25N3O3. The van der Waals surface area contributed by atoms with Gasteiger partial charge >= 0.3 is 0 Å². The molecule has 0 spiro atoms. The number of amides is 2. The summed E-state index contributed by atoms with van der Waals surface area (Å²) in [6.07, 6.45) is 3.36. The zero-order valence-corrected chi connectivity index (χ0v) is 16.2. The second-order valence-corrected chi connectivity index (χ2v) is 6.97. The van der Waals surface area contributed by atoms with Gasteiger partial charge in [-0.25, -0.2) is 4.98 Å². The first-order valence-corrected chi connectivity index (χ1v) is 9.22. The van der Waals surface area contributed by atoms with Gasteiger partial charge in [-0.15, -0.1) is 0 Å². The lowest BCUT2D eigenvalue weighted by molar-refractivity contribution is -0.145. The molecule has 3 rings (SSSR count). The van der Waals surface area contributed by atoms with Crippen molar-refractivity contribution in [3.63, 3.8) is 0 Å². The highest BCUT2D eigenvalue weighted by atomic mass is 16.5. The van der Waals surface area contributed by atoms with E-state index in [4.69, 9.17) is 4.74 Å². The Morgan fingerprint density at radius 3 is 2.78 bits per heavy atom. The van der Waals surface area contributed by atoms with Gasteiger partial charge in [0.25, 0.3) is 17.4 Å². The van der Waals surface area contributed by atoms with Crippen LogP contribution < -0.4 is 15.0 Å². The molecule has 2 amide bonds. The Bertz CT molecular complexity index is 881. The number of unbranched alkanes of at least 4 members (excludes halogenated alkanes) is 1. The number of ether oxygens (including phenoxy) is 1. The first kappa shape index (κ1) is 18.9. The number of nitrogens with one attached hydrogen (secondary N) is 1. The summed E-state index contributed by atoms with van der Waals surface area (Å²) in [4.78, 5) is 32.1. The average molecular weight is 367 g/mol. The number of aromatic nitrogens is 1. The second kappa shape index (κ2) is 7.39. The fourth-order valence-electron chi connectivity index (χ4n) is 3.08. The summed E-state index contributed by atoms with van der Waals surface area (Å²) in [5.74, 6) is 0.0157. The van der Waals surface area contributed by atoms with Gasteiger partial charge in [0.15, 0.2) is 11.6 Å². The Kier molecular flexibility index (Phi) is 5.17. The predicted molar refractivity (Wildman–Crippen MR) is 105 cm³/mol. The number of carbonyl (C=O) groups is 2. The molecule has 0 aliphatic carbocycles. The molecular weight excluding hydrogens is 342 g/mol. The average Bonchev–Trinajstić information content (AvgIpc) is 2.66. The molecule has 0 unspecified atom stereocenters. The van der Waals surface area contributed by atoms with Crippen LogP contribution in [0.2, 0.25) is 0 Å². The summed E-state index contributed by atoms with van der Waals surface area (Å²) >= 11 is 0. The van der Waals surface area contributed by atoms with Crippen molar-refractivity contribution in [1.82, 2.24) is 4.98 Å². The quantitative estimate of drug-likeness (QED) is 0.820. The van der Waals surface area contributed by atoms with Crippen molar-refractivity contribution in [3.8, 4) is 5.75 Å². The molecule has 0 bridgehead atoms. The molecule has 2 heterocycles. The number of benzene rings is 1. The Balaban J connectivity index is 1.95. The minimum absolute atomic E-state index is 0.398. The monoisotopic (exact) mass is 367 g/mol. The number of pyridine rings is 1. The number of carbonyl (C=O) groups excluding carboxylic acids is 2. The van der Waals surface area contributed by atoms with Crippen molar-refractivity contribution in [2.75, 3.05) is 16.8 Å². The van der Waals surface area contributed by atoms with Crippen LogP contribution in [0.5, 0.6) is 5.75 Å². The van der Waals surface area contributed by atoms with E-state index in [0.29, 0.717) is 23.8 Å². The molecule has 1 aliphatic heterocycles. The molecule has 1 aromatic heterocycles. The van der Waals surface area contributed by atoms with Crippen LogP contribution in [-0.2, 0) is 9.59 Å². The lowest BCUT2D eigenvalue weighted by Crippen LogP contribution is -2.61. The molecule has 1 aliphatic rings. The minimum Gasteiger partial charge on any atom is -0.464 e. The number of fused-ring (bicyclic) bond motifs is 1. The van der Waals surface area contributed by atoms with Crippen molar-refractivity contribution in [3.05, 3.63) is 47.7 Å². The van der Waals surface area contributed by atoms with Crippen LogP contribution in [0.3, 0.4) is 0 Å². The van der Waals surface area contributed by atoms with Crippen molar-refractivity contribution in [1.29, 1.82) is 0 Å². The van der Waals surface area contributed by atoms with Crippen LogP contribution in [0.25, 0.3) is 0 Å². The summed E-state index contributed by atoms with van der Waals surface area (Å²) in [5.41, 5.74) is 1.05.